The Bertz CT molecular complexity index is 223. The topological polar surface area (TPSA) is 60.2 Å². The molecule has 0 spiro atoms. The highest BCUT2D eigenvalue weighted by molar-refractivity contribution is 7.91. The molecule has 0 saturated heterocycles. The molecule has 0 aliphatic heterocycles. The first-order chi connectivity index (χ1) is 5.04. The summed E-state index contributed by atoms with van der Waals surface area (Å²) in [4.78, 5) is 0. The van der Waals surface area contributed by atoms with Crippen molar-refractivity contribution < 1.29 is 8.42 Å². The van der Waals surface area contributed by atoms with Crippen LogP contribution in [0.3, 0.4) is 0 Å². The van der Waals surface area contributed by atoms with E-state index in [0.717, 1.165) is 19.3 Å². The second-order valence-corrected chi connectivity index (χ2v) is 5.69. The monoisotopic (exact) mass is 177 g/mol. The maximum Gasteiger partial charge on any atom is 0.150 e. The van der Waals surface area contributed by atoms with Crippen LogP contribution in [-0.4, -0.2) is 26.5 Å². The number of sulfone groups is 1. The Kier molecular flexibility index (Phi) is 2.54. The minimum atomic E-state index is -2.80. The zero-order chi connectivity index (χ0) is 8.48. The average Bonchev–Trinajstić information content (AvgIpc) is 2.32. The second-order valence-electron chi connectivity index (χ2n) is 3.37. The van der Waals surface area contributed by atoms with Crippen molar-refractivity contribution >= 4 is 9.84 Å². The first kappa shape index (κ1) is 9.00. The van der Waals surface area contributed by atoms with E-state index >= 15 is 0 Å². The summed E-state index contributed by atoms with van der Waals surface area (Å²) in [6, 6.07) is 0. The molecule has 0 heterocycles. The van der Waals surface area contributed by atoms with E-state index in [1.165, 1.54) is 6.26 Å². The van der Waals surface area contributed by atoms with E-state index in [9.17, 15) is 8.42 Å². The maximum absolute atomic E-state index is 11.1. The fourth-order valence-electron chi connectivity index (χ4n) is 1.63. The molecule has 2 N–H and O–H groups in total. The molecule has 1 aliphatic rings. The SMILES string of the molecule is CS(=O)(=O)[C@H]1CC[C@@H](CN)C1. The molecule has 0 bridgehead atoms. The van der Waals surface area contributed by atoms with Gasteiger partial charge in [-0.25, -0.2) is 8.42 Å². The maximum atomic E-state index is 11.1. The molecule has 0 radical (unpaired) electrons. The smallest absolute Gasteiger partial charge is 0.150 e. The van der Waals surface area contributed by atoms with Crippen LogP contribution in [0, 0.1) is 5.92 Å². The molecule has 1 saturated carbocycles. The molecule has 2 atom stereocenters. The van der Waals surface area contributed by atoms with Crippen LogP contribution in [0.5, 0.6) is 0 Å². The van der Waals surface area contributed by atoms with Gasteiger partial charge in [0.05, 0.1) is 5.25 Å². The van der Waals surface area contributed by atoms with Gasteiger partial charge in [-0.2, -0.15) is 0 Å². The van der Waals surface area contributed by atoms with E-state index in [-0.39, 0.29) is 5.25 Å². The van der Waals surface area contributed by atoms with Crippen molar-refractivity contribution in [3.63, 3.8) is 0 Å². The molecule has 0 amide bonds. The summed E-state index contributed by atoms with van der Waals surface area (Å²) in [6.45, 7) is 0.631. The lowest BCUT2D eigenvalue weighted by atomic mass is 10.1. The average molecular weight is 177 g/mol. The summed E-state index contributed by atoms with van der Waals surface area (Å²) in [5.74, 6) is 0.440. The minimum absolute atomic E-state index is 0.115. The van der Waals surface area contributed by atoms with Gasteiger partial charge in [0.1, 0.15) is 9.84 Å². The number of hydrogen-bond donors (Lipinski definition) is 1. The molecule has 1 rings (SSSR count). The van der Waals surface area contributed by atoms with Crippen molar-refractivity contribution in [3.8, 4) is 0 Å². The van der Waals surface area contributed by atoms with Crippen molar-refractivity contribution in [3.05, 3.63) is 0 Å². The second kappa shape index (κ2) is 3.11. The molecule has 0 aromatic rings. The lowest BCUT2D eigenvalue weighted by Crippen LogP contribution is -2.18. The van der Waals surface area contributed by atoms with Crippen LogP contribution in [-0.2, 0) is 9.84 Å². The fourth-order valence-corrected chi connectivity index (χ4v) is 2.82. The Morgan fingerprint density at radius 2 is 2.09 bits per heavy atom. The molecule has 11 heavy (non-hydrogen) atoms. The van der Waals surface area contributed by atoms with E-state index in [4.69, 9.17) is 5.73 Å². The summed E-state index contributed by atoms with van der Waals surface area (Å²) < 4.78 is 22.1. The minimum Gasteiger partial charge on any atom is -0.330 e. The highest BCUT2D eigenvalue weighted by Gasteiger charge is 2.30. The van der Waals surface area contributed by atoms with E-state index in [2.05, 4.69) is 0 Å². The first-order valence-corrected chi connectivity index (χ1v) is 5.88. The lowest BCUT2D eigenvalue weighted by molar-refractivity contribution is 0.553. The quantitative estimate of drug-likeness (QED) is 0.653. The third-order valence-electron chi connectivity index (χ3n) is 2.43. The molecule has 66 valence electrons. The summed E-state index contributed by atoms with van der Waals surface area (Å²) >= 11 is 0. The van der Waals surface area contributed by atoms with Gasteiger partial charge in [0, 0.05) is 6.26 Å². The fraction of sp³-hybridized carbons (Fsp3) is 1.00. The van der Waals surface area contributed by atoms with E-state index in [0.29, 0.717) is 12.5 Å². The number of nitrogens with two attached hydrogens (primary N) is 1. The van der Waals surface area contributed by atoms with E-state index in [1.807, 2.05) is 0 Å². The molecule has 0 aromatic heterocycles. The molecule has 3 nitrogen and oxygen atoms in total. The summed E-state index contributed by atoms with van der Waals surface area (Å²) in [5.41, 5.74) is 5.44. The van der Waals surface area contributed by atoms with Crippen LogP contribution in [0.1, 0.15) is 19.3 Å². The van der Waals surface area contributed by atoms with Gasteiger partial charge in [0.25, 0.3) is 0 Å². The Morgan fingerprint density at radius 3 is 2.36 bits per heavy atom. The molecule has 0 aromatic carbocycles. The Labute approximate surface area is 67.9 Å². The van der Waals surface area contributed by atoms with Gasteiger partial charge in [-0.3, -0.25) is 0 Å². The van der Waals surface area contributed by atoms with Crippen LogP contribution in [0.4, 0.5) is 0 Å². The summed E-state index contributed by atoms with van der Waals surface area (Å²) in [7, 11) is -2.80. The molecule has 1 fully saturated rings. The zero-order valence-electron chi connectivity index (χ0n) is 6.79. The van der Waals surface area contributed by atoms with Gasteiger partial charge in [-0.1, -0.05) is 0 Å². The van der Waals surface area contributed by atoms with Gasteiger partial charge < -0.3 is 5.73 Å². The highest BCUT2D eigenvalue weighted by atomic mass is 32.2. The Balaban J connectivity index is 2.55. The van der Waals surface area contributed by atoms with Gasteiger partial charge in [0.2, 0.25) is 0 Å². The van der Waals surface area contributed by atoms with Gasteiger partial charge >= 0.3 is 0 Å². The van der Waals surface area contributed by atoms with Gasteiger partial charge in [-0.15, -0.1) is 0 Å². The normalized spacial score (nSPS) is 32.5. The predicted octanol–water partition coefficient (Wildman–Crippen LogP) is 0.158. The molecule has 4 heteroatoms. The van der Waals surface area contributed by atoms with Crippen LogP contribution < -0.4 is 5.73 Å². The molecule has 0 unspecified atom stereocenters. The van der Waals surface area contributed by atoms with E-state index < -0.39 is 9.84 Å². The third-order valence-corrected chi connectivity index (χ3v) is 4.07. The number of rotatable bonds is 2. The van der Waals surface area contributed by atoms with Crippen LogP contribution in [0.2, 0.25) is 0 Å². The number of hydrogen-bond acceptors (Lipinski definition) is 3. The predicted molar refractivity (Wildman–Crippen MR) is 45.0 cm³/mol. The largest absolute Gasteiger partial charge is 0.330 e. The molecule has 1 aliphatic carbocycles. The van der Waals surface area contributed by atoms with Crippen LogP contribution in [0.25, 0.3) is 0 Å². The summed E-state index contributed by atoms with van der Waals surface area (Å²) in [6.07, 6.45) is 3.88. The zero-order valence-corrected chi connectivity index (χ0v) is 7.60. The summed E-state index contributed by atoms with van der Waals surface area (Å²) in [5, 5.41) is -0.115. The van der Waals surface area contributed by atoms with Crippen molar-refractivity contribution in [2.45, 2.75) is 24.5 Å². The lowest BCUT2D eigenvalue weighted by Gasteiger charge is -2.06. The van der Waals surface area contributed by atoms with Crippen molar-refractivity contribution in [2.75, 3.05) is 12.8 Å². The van der Waals surface area contributed by atoms with Crippen molar-refractivity contribution in [1.82, 2.24) is 0 Å². The van der Waals surface area contributed by atoms with Crippen LogP contribution >= 0.6 is 0 Å². The van der Waals surface area contributed by atoms with Crippen molar-refractivity contribution in [1.29, 1.82) is 0 Å². The van der Waals surface area contributed by atoms with Gasteiger partial charge in [-0.05, 0) is 31.7 Å². The highest BCUT2D eigenvalue weighted by Crippen LogP contribution is 2.28. The van der Waals surface area contributed by atoms with Crippen LogP contribution in [0.15, 0.2) is 0 Å². The Morgan fingerprint density at radius 1 is 1.45 bits per heavy atom. The molecular formula is C7H15NO2S. The first-order valence-electron chi connectivity index (χ1n) is 3.93. The molecular weight excluding hydrogens is 162 g/mol. The van der Waals surface area contributed by atoms with E-state index in [1.54, 1.807) is 0 Å². The third kappa shape index (κ3) is 2.17. The standard InChI is InChI=1S/C7H15NO2S/c1-11(9,10)7-3-2-6(4-7)5-8/h6-7H,2-5,8H2,1H3/t6-,7+/m1/s1. The van der Waals surface area contributed by atoms with Crippen molar-refractivity contribution in [2.24, 2.45) is 11.7 Å². The Hall–Kier alpha value is -0.0900. The van der Waals surface area contributed by atoms with Gasteiger partial charge in [0.15, 0.2) is 0 Å².